The lowest BCUT2D eigenvalue weighted by Gasteiger charge is -2.10. The number of amides is 2. The molecule has 3 N–H and O–H groups in total. The number of thiophene rings is 1. The molecule has 2 amide bonds. The highest BCUT2D eigenvalue weighted by atomic mass is 32.1. The maximum Gasteiger partial charge on any atom is 0.338 e. The minimum absolute atomic E-state index is 0.0538. The van der Waals surface area contributed by atoms with Crippen LogP contribution in [0.15, 0.2) is 11.4 Å². The first kappa shape index (κ1) is 13.0. The molecule has 0 fully saturated rings. The number of nitrogens with zero attached hydrogens (tertiary/aromatic N) is 1. The van der Waals surface area contributed by atoms with Crippen molar-refractivity contribution in [2.45, 2.75) is 19.4 Å². The fourth-order valence-electron chi connectivity index (χ4n) is 1.13. The molecule has 0 bridgehead atoms. The standard InChI is InChI=1S/C10H11N3O3S/c1-6(2-4-11)12-10(16)13-8-7(9(14)15)3-5-17-8/h3,5-6H,2H2,1H3,(H,14,15)(H2,12,13,16). The lowest BCUT2D eigenvalue weighted by Crippen LogP contribution is -2.35. The predicted molar refractivity (Wildman–Crippen MR) is 63.1 cm³/mol. The molecule has 0 aliphatic rings. The lowest BCUT2D eigenvalue weighted by molar-refractivity contribution is 0.0698. The number of hydrogen-bond donors (Lipinski definition) is 3. The van der Waals surface area contributed by atoms with E-state index < -0.39 is 12.0 Å². The molecule has 1 aromatic heterocycles. The lowest BCUT2D eigenvalue weighted by atomic mass is 10.2. The molecule has 0 aliphatic heterocycles. The van der Waals surface area contributed by atoms with Crippen molar-refractivity contribution >= 4 is 28.3 Å². The van der Waals surface area contributed by atoms with E-state index in [0.717, 1.165) is 11.3 Å². The van der Waals surface area contributed by atoms with Crippen LogP contribution in [0.1, 0.15) is 23.7 Å². The molecule has 17 heavy (non-hydrogen) atoms. The predicted octanol–water partition coefficient (Wildman–Crippen LogP) is 1.87. The smallest absolute Gasteiger partial charge is 0.338 e. The van der Waals surface area contributed by atoms with Gasteiger partial charge in [-0.2, -0.15) is 5.26 Å². The quantitative estimate of drug-likeness (QED) is 0.762. The van der Waals surface area contributed by atoms with Gasteiger partial charge in [-0.05, 0) is 18.4 Å². The summed E-state index contributed by atoms with van der Waals surface area (Å²) in [4.78, 5) is 22.2. The third-order valence-electron chi connectivity index (χ3n) is 1.90. The number of carbonyl (C=O) groups is 2. The SMILES string of the molecule is CC(CC#N)NC(=O)Nc1sccc1C(=O)O. The number of nitriles is 1. The second-order valence-electron chi connectivity index (χ2n) is 3.33. The Morgan fingerprint density at radius 1 is 1.65 bits per heavy atom. The average Bonchev–Trinajstić information content (AvgIpc) is 2.65. The summed E-state index contributed by atoms with van der Waals surface area (Å²) in [6.45, 7) is 1.69. The topological polar surface area (TPSA) is 102 Å². The van der Waals surface area contributed by atoms with Gasteiger partial charge in [-0.3, -0.25) is 5.32 Å². The number of carboxylic acids is 1. The number of aromatic carboxylic acids is 1. The zero-order chi connectivity index (χ0) is 12.8. The van der Waals surface area contributed by atoms with Crippen LogP contribution in [0.2, 0.25) is 0 Å². The van der Waals surface area contributed by atoms with E-state index in [1.807, 2.05) is 6.07 Å². The van der Waals surface area contributed by atoms with Crippen LogP contribution in [0, 0.1) is 11.3 Å². The molecular weight excluding hydrogens is 242 g/mol. The van der Waals surface area contributed by atoms with Crippen LogP contribution in [0.25, 0.3) is 0 Å². The molecule has 1 aromatic rings. The third-order valence-corrected chi connectivity index (χ3v) is 2.73. The molecule has 0 saturated heterocycles. The van der Waals surface area contributed by atoms with E-state index in [2.05, 4.69) is 10.6 Å². The second-order valence-corrected chi connectivity index (χ2v) is 4.25. The van der Waals surface area contributed by atoms with Crippen molar-refractivity contribution in [2.24, 2.45) is 0 Å². The number of carbonyl (C=O) groups excluding carboxylic acids is 1. The summed E-state index contributed by atoms with van der Waals surface area (Å²) in [6, 6.07) is 2.55. The average molecular weight is 253 g/mol. The summed E-state index contributed by atoms with van der Waals surface area (Å²) in [5.74, 6) is -1.09. The Morgan fingerprint density at radius 3 is 2.94 bits per heavy atom. The summed E-state index contributed by atoms with van der Waals surface area (Å²) in [5, 5.41) is 24.1. The van der Waals surface area contributed by atoms with Crippen LogP contribution in [0.4, 0.5) is 9.80 Å². The maximum atomic E-state index is 11.5. The van der Waals surface area contributed by atoms with Gasteiger partial charge in [0.05, 0.1) is 18.1 Å². The molecule has 0 saturated carbocycles. The third kappa shape index (κ3) is 3.77. The Kier molecular flexibility index (Phi) is 4.48. The molecule has 1 atom stereocenters. The van der Waals surface area contributed by atoms with Gasteiger partial charge >= 0.3 is 12.0 Å². The summed E-state index contributed by atoms with van der Waals surface area (Å²) < 4.78 is 0. The van der Waals surface area contributed by atoms with Crippen LogP contribution in [-0.4, -0.2) is 23.1 Å². The Morgan fingerprint density at radius 2 is 2.35 bits per heavy atom. The first-order chi connectivity index (χ1) is 8.04. The highest BCUT2D eigenvalue weighted by Gasteiger charge is 2.14. The fourth-order valence-corrected chi connectivity index (χ4v) is 1.90. The van der Waals surface area contributed by atoms with Crippen LogP contribution in [-0.2, 0) is 0 Å². The molecule has 90 valence electrons. The van der Waals surface area contributed by atoms with Gasteiger partial charge in [-0.25, -0.2) is 9.59 Å². The van der Waals surface area contributed by atoms with Crippen LogP contribution in [0.3, 0.4) is 0 Å². The van der Waals surface area contributed by atoms with E-state index >= 15 is 0 Å². The monoisotopic (exact) mass is 253 g/mol. The van der Waals surface area contributed by atoms with Gasteiger partial charge in [0.25, 0.3) is 0 Å². The van der Waals surface area contributed by atoms with E-state index in [1.165, 1.54) is 6.07 Å². The highest BCUT2D eigenvalue weighted by Crippen LogP contribution is 2.22. The number of nitrogens with one attached hydrogen (secondary N) is 2. The number of urea groups is 1. The zero-order valence-electron chi connectivity index (χ0n) is 9.06. The van der Waals surface area contributed by atoms with E-state index in [4.69, 9.17) is 10.4 Å². The molecule has 7 heteroatoms. The minimum Gasteiger partial charge on any atom is -0.478 e. The van der Waals surface area contributed by atoms with E-state index in [9.17, 15) is 9.59 Å². The van der Waals surface area contributed by atoms with E-state index in [1.54, 1.807) is 12.3 Å². The number of rotatable bonds is 4. The zero-order valence-corrected chi connectivity index (χ0v) is 9.87. The van der Waals surface area contributed by atoms with Crippen molar-refractivity contribution in [2.75, 3.05) is 5.32 Å². The largest absolute Gasteiger partial charge is 0.478 e. The molecule has 0 radical (unpaired) electrons. The molecule has 1 rings (SSSR count). The minimum atomic E-state index is -1.09. The van der Waals surface area contributed by atoms with E-state index in [0.29, 0.717) is 0 Å². The van der Waals surface area contributed by atoms with Gasteiger partial charge in [-0.1, -0.05) is 0 Å². The van der Waals surface area contributed by atoms with Gasteiger partial charge in [0.15, 0.2) is 0 Å². The molecule has 0 aromatic carbocycles. The fraction of sp³-hybridized carbons (Fsp3) is 0.300. The Bertz CT molecular complexity index is 464. The van der Waals surface area contributed by atoms with Gasteiger partial charge in [0, 0.05) is 6.04 Å². The molecule has 6 nitrogen and oxygen atoms in total. The summed E-state index contributed by atoms with van der Waals surface area (Å²) in [6.07, 6.45) is 0.198. The van der Waals surface area contributed by atoms with E-state index in [-0.39, 0.29) is 23.0 Å². The summed E-state index contributed by atoms with van der Waals surface area (Å²) in [5.41, 5.74) is 0.0538. The van der Waals surface area contributed by atoms with Crippen molar-refractivity contribution in [3.05, 3.63) is 17.0 Å². The maximum absolute atomic E-state index is 11.5. The van der Waals surface area contributed by atoms with Crippen molar-refractivity contribution in [3.63, 3.8) is 0 Å². The molecule has 0 spiro atoms. The van der Waals surface area contributed by atoms with Gasteiger partial charge in [0.1, 0.15) is 5.00 Å². The number of anilines is 1. The van der Waals surface area contributed by atoms with Crippen molar-refractivity contribution in [1.82, 2.24) is 5.32 Å². The van der Waals surface area contributed by atoms with Crippen molar-refractivity contribution in [3.8, 4) is 6.07 Å². The van der Waals surface area contributed by atoms with Gasteiger partial charge in [-0.15, -0.1) is 11.3 Å². The first-order valence-corrected chi connectivity index (χ1v) is 5.67. The molecular formula is C10H11N3O3S. The number of carboxylic acid groups (broad SMARTS) is 1. The summed E-state index contributed by atoms with van der Waals surface area (Å²) >= 11 is 1.13. The van der Waals surface area contributed by atoms with Crippen LogP contribution >= 0.6 is 11.3 Å². The molecule has 1 unspecified atom stereocenters. The van der Waals surface area contributed by atoms with Crippen LogP contribution in [0.5, 0.6) is 0 Å². The molecule has 1 heterocycles. The normalized spacial score (nSPS) is 11.3. The van der Waals surface area contributed by atoms with Crippen molar-refractivity contribution in [1.29, 1.82) is 5.26 Å². The highest BCUT2D eigenvalue weighted by molar-refractivity contribution is 7.14. The second kappa shape index (κ2) is 5.86. The molecule has 0 aliphatic carbocycles. The summed E-state index contributed by atoms with van der Waals surface area (Å²) in [7, 11) is 0. The van der Waals surface area contributed by atoms with Gasteiger partial charge in [0.2, 0.25) is 0 Å². The Hall–Kier alpha value is -2.07. The van der Waals surface area contributed by atoms with Crippen LogP contribution < -0.4 is 10.6 Å². The number of hydrogen-bond acceptors (Lipinski definition) is 4. The van der Waals surface area contributed by atoms with Gasteiger partial charge < -0.3 is 10.4 Å². The Labute approximate surface area is 102 Å². The first-order valence-electron chi connectivity index (χ1n) is 4.80. The Balaban J connectivity index is 2.60. The van der Waals surface area contributed by atoms with Crippen molar-refractivity contribution < 1.29 is 14.7 Å².